The van der Waals surface area contributed by atoms with Crippen molar-refractivity contribution in [2.24, 2.45) is 5.41 Å². The second-order valence-corrected chi connectivity index (χ2v) is 6.34. The lowest BCUT2D eigenvalue weighted by Gasteiger charge is -2.31. The van der Waals surface area contributed by atoms with Gasteiger partial charge in [0.15, 0.2) is 0 Å². The van der Waals surface area contributed by atoms with Crippen molar-refractivity contribution in [2.75, 3.05) is 7.05 Å². The minimum Gasteiger partial charge on any atom is -0.386 e. The zero-order valence-corrected chi connectivity index (χ0v) is 12.6. The molecule has 0 bridgehead atoms. The van der Waals surface area contributed by atoms with Gasteiger partial charge < -0.3 is 10.0 Å². The third kappa shape index (κ3) is 4.67. The first-order valence-corrected chi connectivity index (χ1v) is 6.71. The number of hydrogen-bond acceptors (Lipinski definition) is 2. The summed E-state index contributed by atoms with van der Waals surface area (Å²) in [6, 6.07) is 9.21. The summed E-state index contributed by atoms with van der Waals surface area (Å²) in [6.07, 6.45) is -0.176. The fourth-order valence-electron chi connectivity index (χ4n) is 1.95. The summed E-state index contributed by atoms with van der Waals surface area (Å²) in [5.41, 5.74) is 0.799. The highest BCUT2D eigenvalue weighted by molar-refractivity contribution is 5.76. The van der Waals surface area contributed by atoms with Crippen LogP contribution in [0, 0.1) is 5.41 Å². The van der Waals surface area contributed by atoms with Crippen LogP contribution in [-0.2, 0) is 4.79 Å². The molecule has 2 atom stereocenters. The number of nitrogens with zero attached hydrogens (tertiary/aromatic N) is 1. The fraction of sp³-hybridized carbons (Fsp3) is 0.562. The molecule has 0 fully saturated rings. The Labute approximate surface area is 116 Å². The highest BCUT2D eigenvalue weighted by Crippen LogP contribution is 2.24. The number of aliphatic hydroxyl groups excluding tert-OH is 1. The summed E-state index contributed by atoms with van der Waals surface area (Å²) < 4.78 is 0. The van der Waals surface area contributed by atoms with Crippen molar-refractivity contribution in [1.82, 2.24) is 4.90 Å². The molecular formula is C16H25NO2. The molecule has 1 N–H and O–H groups in total. The van der Waals surface area contributed by atoms with E-state index in [0.29, 0.717) is 6.42 Å². The summed E-state index contributed by atoms with van der Waals surface area (Å²) in [4.78, 5) is 13.8. The quantitative estimate of drug-likeness (QED) is 0.907. The summed E-state index contributed by atoms with van der Waals surface area (Å²) in [6.45, 7) is 7.99. The van der Waals surface area contributed by atoms with Crippen molar-refractivity contribution in [3.8, 4) is 0 Å². The number of carbonyl (C=O) groups is 1. The second kappa shape index (κ2) is 6.20. The molecule has 106 valence electrons. The number of aliphatic hydroxyl groups is 1. The fourth-order valence-corrected chi connectivity index (χ4v) is 1.95. The molecule has 0 radical (unpaired) electrons. The Hall–Kier alpha value is -1.35. The third-order valence-electron chi connectivity index (χ3n) is 3.28. The van der Waals surface area contributed by atoms with E-state index < -0.39 is 6.10 Å². The number of hydrogen-bond donors (Lipinski definition) is 1. The van der Waals surface area contributed by atoms with E-state index in [1.165, 1.54) is 0 Å². The Morgan fingerprint density at radius 3 is 2.26 bits per heavy atom. The molecule has 0 aromatic heterocycles. The maximum absolute atomic E-state index is 12.2. The van der Waals surface area contributed by atoms with E-state index in [1.54, 1.807) is 11.9 Å². The summed E-state index contributed by atoms with van der Waals surface area (Å²) in [7, 11) is 1.75. The number of rotatable bonds is 4. The minimum absolute atomic E-state index is 0.0389. The van der Waals surface area contributed by atoms with Crippen molar-refractivity contribution in [3.63, 3.8) is 0 Å². The highest BCUT2D eigenvalue weighted by atomic mass is 16.3. The van der Waals surface area contributed by atoms with Gasteiger partial charge in [-0.3, -0.25) is 4.79 Å². The average molecular weight is 263 g/mol. The molecule has 0 heterocycles. The molecule has 1 amide bonds. The Kier molecular flexibility index (Phi) is 5.12. The molecule has 3 nitrogen and oxygen atoms in total. The predicted molar refractivity (Wildman–Crippen MR) is 77.7 cm³/mol. The van der Waals surface area contributed by atoms with Gasteiger partial charge >= 0.3 is 0 Å². The lowest BCUT2D eigenvalue weighted by Crippen LogP contribution is -2.40. The van der Waals surface area contributed by atoms with Crippen LogP contribution in [0.1, 0.15) is 45.8 Å². The predicted octanol–water partition coefficient (Wildman–Crippen LogP) is 3.00. The van der Waals surface area contributed by atoms with Crippen LogP contribution < -0.4 is 0 Å². The lowest BCUT2D eigenvalue weighted by atomic mass is 9.91. The molecule has 3 heteroatoms. The van der Waals surface area contributed by atoms with Crippen molar-refractivity contribution < 1.29 is 9.90 Å². The summed E-state index contributed by atoms with van der Waals surface area (Å²) in [5.74, 6) is 0.0648. The zero-order valence-electron chi connectivity index (χ0n) is 12.6. The monoisotopic (exact) mass is 263 g/mol. The number of carbonyl (C=O) groups excluding carboxylic acids is 1. The first-order valence-electron chi connectivity index (χ1n) is 6.71. The van der Waals surface area contributed by atoms with Crippen LogP contribution in [0.25, 0.3) is 0 Å². The van der Waals surface area contributed by atoms with E-state index in [9.17, 15) is 9.90 Å². The topological polar surface area (TPSA) is 40.5 Å². The Balaban J connectivity index is 2.72. The van der Waals surface area contributed by atoms with Crippen LogP contribution in [0.5, 0.6) is 0 Å². The van der Waals surface area contributed by atoms with Gasteiger partial charge in [0, 0.05) is 13.5 Å². The molecule has 0 saturated heterocycles. The minimum atomic E-state index is -0.657. The molecule has 1 rings (SSSR count). The molecule has 1 aromatic carbocycles. The van der Waals surface area contributed by atoms with Crippen LogP contribution in [0.2, 0.25) is 0 Å². The SMILES string of the molecule is C[C@@H]([C@@H](O)c1ccccc1)N(C)C(=O)CC(C)(C)C. The molecule has 0 spiro atoms. The molecule has 0 aliphatic rings. The van der Waals surface area contributed by atoms with E-state index in [1.807, 2.05) is 58.0 Å². The van der Waals surface area contributed by atoms with Crippen molar-refractivity contribution >= 4 is 5.91 Å². The van der Waals surface area contributed by atoms with Gasteiger partial charge in [-0.25, -0.2) is 0 Å². The van der Waals surface area contributed by atoms with Gasteiger partial charge in [-0.05, 0) is 17.9 Å². The largest absolute Gasteiger partial charge is 0.386 e. The molecule has 1 aromatic rings. The van der Waals surface area contributed by atoms with Gasteiger partial charge in [0.1, 0.15) is 0 Å². The molecule has 0 aliphatic heterocycles. The van der Waals surface area contributed by atoms with Gasteiger partial charge in [0.2, 0.25) is 5.91 Å². The zero-order chi connectivity index (χ0) is 14.6. The Bertz CT molecular complexity index is 409. The third-order valence-corrected chi connectivity index (χ3v) is 3.28. The van der Waals surface area contributed by atoms with Crippen molar-refractivity contribution in [3.05, 3.63) is 35.9 Å². The number of benzene rings is 1. The van der Waals surface area contributed by atoms with Gasteiger partial charge in [0.25, 0.3) is 0 Å². The first-order chi connectivity index (χ1) is 8.72. The second-order valence-electron chi connectivity index (χ2n) is 6.34. The van der Waals surface area contributed by atoms with E-state index in [0.717, 1.165) is 5.56 Å². The van der Waals surface area contributed by atoms with E-state index in [4.69, 9.17) is 0 Å². The van der Waals surface area contributed by atoms with E-state index in [-0.39, 0.29) is 17.4 Å². The maximum atomic E-state index is 12.2. The van der Waals surface area contributed by atoms with Gasteiger partial charge in [-0.15, -0.1) is 0 Å². The van der Waals surface area contributed by atoms with Gasteiger partial charge in [-0.2, -0.15) is 0 Å². The number of amides is 1. The first kappa shape index (κ1) is 15.7. The van der Waals surface area contributed by atoms with Crippen molar-refractivity contribution in [1.29, 1.82) is 0 Å². The molecular weight excluding hydrogens is 238 g/mol. The van der Waals surface area contributed by atoms with Crippen LogP contribution in [0.4, 0.5) is 0 Å². The maximum Gasteiger partial charge on any atom is 0.223 e. The standard InChI is InChI=1S/C16H25NO2/c1-12(15(19)13-9-7-6-8-10-13)17(5)14(18)11-16(2,3)4/h6-10,12,15,19H,11H2,1-5H3/t12-,15+/m0/s1. The molecule has 0 aliphatic carbocycles. The van der Waals surface area contributed by atoms with Crippen LogP contribution in [0.15, 0.2) is 30.3 Å². The van der Waals surface area contributed by atoms with Crippen LogP contribution >= 0.6 is 0 Å². The van der Waals surface area contributed by atoms with Crippen LogP contribution in [0.3, 0.4) is 0 Å². The summed E-state index contributed by atoms with van der Waals surface area (Å²) in [5, 5.41) is 10.3. The van der Waals surface area contributed by atoms with E-state index >= 15 is 0 Å². The highest BCUT2D eigenvalue weighted by Gasteiger charge is 2.26. The normalized spacial score (nSPS) is 14.8. The van der Waals surface area contributed by atoms with Gasteiger partial charge in [-0.1, -0.05) is 51.1 Å². The summed E-state index contributed by atoms with van der Waals surface area (Å²) >= 11 is 0. The van der Waals surface area contributed by atoms with Gasteiger partial charge in [0.05, 0.1) is 12.1 Å². The van der Waals surface area contributed by atoms with E-state index in [2.05, 4.69) is 0 Å². The van der Waals surface area contributed by atoms with Crippen molar-refractivity contribution in [2.45, 2.75) is 46.3 Å². The molecule has 19 heavy (non-hydrogen) atoms. The lowest BCUT2D eigenvalue weighted by molar-refractivity contribution is -0.135. The number of likely N-dealkylation sites (N-methyl/N-ethyl adjacent to an activating group) is 1. The van der Waals surface area contributed by atoms with Crippen LogP contribution in [-0.4, -0.2) is 29.0 Å². The Morgan fingerprint density at radius 2 is 1.79 bits per heavy atom. The smallest absolute Gasteiger partial charge is 0.223 e. The Morgan fingerprint density at radius 1 is 1.26 bits per heavy atom. The molecule has 0 unspecified atom stereocenters. The molecule has 0 saturated carbocycles. The average Bonchev–Trinajstić information content (AvgIpc) is 2.35.